The first-order valence-corrected chi connectivity index (χ1v) is 11.4. The molecule has 37 heavy (non-hydrogen) atoms. The highest BCUT2D eigenvalue weighted by Gasteiger charge is 2.25. The van der Waals surface area contributed by atoms with Crippen LogP contribution in [-0.4, -0.2) is 30.5 Å². The molecule has 186 valence electrons. The monoisotopic (exact) mass is 502 g/mol. The molecule has 4 aromatic heterocycles. The first kappa shape index (κ1) is 24.1. The molecule has 5 rings (SSSR count). The van der Waals surface area contributed by atoms with Crippen molar-refractivity contribution in [1.82, 2.24) is 24.6 Å². The molecule has 0 unspecified atom stereocenters. The lowest BCUT2D eigenvalue weighted by molar-refractivity contribution is -0.115. The van der Waals surface area contributed by atoms with E-state index in [0.717, 1.165) is 30.3 Å². The van der Waals surface area contributed by atoms with Gasteiger partial charge < -0.3 is 5.32 Å². The predicted molar refractivity (Wildman–Crippen MR) is 132 cm³/mol. The van der Waals surface area contributed by atoms with Crippen molar-refractivity contribution in [2.24, 2.45) is 0 Å². The molecule has 0 aliphatic heterocycles. The van der Waals surface area contributed by atoms with Crippen LogP contribution in [0.2, 0.25) is 0 Å². The fourth-order valence-corrected chi connectivity index (χ4v) is 3.89. The summed E-state index contributed by atoms with van der Waals surface area (Å²) in [4.78, 5) is 24.9. The number of hydrogen-bond acceptors (Lipinski definition) is 5. The Hall–Kier alpha value is -4.60. The van der Waals surface area contributed by atoms with Crippen molar-refractivity contribution in [2.45, 2.75) is 25.7 Å². The molecule has 0 saturated heterocycles. The second kappa shape index (κ2) is 9.81. The van der Waals surface area contributed by atoms with Crippen LogP contribution in [0, 0.1) is 5.82 Å². The van der Waals surface area contributed by atoms with Crippen LogP contribution < -0.4 is 5.32 Å². The average Bonchev–Trinajstić information content (AvgIpc) is 3.28. The summed E-state index contributed by atoms with van der Waals surface area (Å²) in [6, 6.07) is 11.4. The Kier molecular flexibility index (Phi) is 6.39. The topological polar surface area (TPSA) is 85.1 Å². The van der Waals surface area contributed by atoms with Gasteiger partial charge in [0, 0.05) is 54.8 Å². The van der Waals surface area contributed by atoms with Crippen LogP contribution in [0.3, 0.4) is 0 Å². The molecule has 10 heteroatoms. The zero-order valence-corrected chi connectivity index (χ0v) is 19.7. The number of amides is 1. The predicted octanol–water partition coefficient (Wildman–Crippen LogP) is 5.21. The molecule has 7 nitrogen and oxygen atoms in total. The summed E-state index contributed by atoms with van der Waals surface area (Å²) >= 11 is 0. The maximum absolute atomic E-state index is 14.8. The Morgan fingerprint density at radius 3 is 2.54 bits per heavy atom. The zero-order valence-electron chi connectivity index (χ0n) is 19.7. The molecule has 5 aromatic rings. The smallest absolute Gasteiger partial charge is 0.272 e. The number of fused-ring (bicyclic) bond motifs is 1. The number of pyridine rings is 2. The minimum Gasteiger partial charge on any atom is -0.324 e. The lowest BCUT2D eigenvalue weighted by Crippen LogP contribution is -2.16. The lowest BCUT2D eigenvalue weighted by Gasteiger charge is -2.12. The Morgan fingerprint density at radius 1 is 0.973 bits per heavy atom. The number of nitrogens with one attached hydrogen (secondary N) is 1. The summed E-state index contributed by atoms with van der Waals surface area (Å²) in [6.07, 6.45) is 9.42. The van der Waals surface area contributed by atoms with E-state index in [1.54, 1.807) is 29.2 Å². The standard InChI is InChI=1S/C27H21F3N6O/c1-27(29,30)21-11-22(16-31-15-21)35-26(37)10-18-6-5-17(8-23(18)28)20-12-32-25(33-13-20)9-19-14-34-36-7-3-2-4-24(19)36/h2-8,11-16H,9-10H2,1H3,(H,35,37). The first-order valence-electron chi connectivity index (χ1n) is 11.4. The van der Waals surface area contributed by atoms with E-state index >= 15 is 0 Å². The molecule has 1 N–H and O–H groups in total. The van der Waals surface area contributed by atoms with Gasteiger partial charge in [0.1, 0.15) is 11.6 Å². The van der Waals surface area contributed by atoms with Crippen LogP contribution in [0.1, 0.15) is 29.4 Å². The molecular weight excluding hydrogens is 481 g/mol. The molecule has 0 spiro atoms. The number of aromatic nitrogens is 5. The highest BCUT2D eigenvalue weighted by atomic mass is 19.3. The van der Waals surface area contributed by atoms with E-state index in [2.05, 4.69) is 25.4 Å². The highest BCUT2D eigenvalue weighted by Crippen LogP contribution is 2.28. The largest absolute Gasteiger partial charge is 0.324 e. The number of nitrogens with zero attached hydrogens (tertiary/aromatic N) is 5. The molecule has 1 amide bonds. The fraction of sp³-hybridized carbons (Fsp3) is 0.148. The minimum atomic E-state index is -3.09. The second-order valence-electron chi connectivity index (χ2n) is 8.65. The molecule has 4 heterocycles. The molecule has 0 aliphatic carbocycles. The number of carbonyl (C=O) groups is 1. The van der Waals surface area contributed by atoms with Crippen molar-refractivity contribution >= 4 is 17.1 Å². The van der Waals surface area contributed by atoms with Crippen molar-refractivity contribution in [3.05, 3.63) is 108 Å². The van der Waals surface area contributed by atoms with Gasteiger partial charge in [-0.25, -0.2) is 27.7 Å². The Balaban J connectivity index is 1.25. The summed E-state index contributed by atoms with van der Waals surface area (Å²) < 4.78 is 43.6. The third-order valence-corrected chi connectivity index (χ3v) is 5.83. The highest BCUT2D eigenvalue weighted by molar-refractivity contribution is 5.92. The normalized spacial score (nSPS) is 11.6. The number of benzene rings is 1. The molecule has 0 fully saturated rings. The van der Waals surface area contributed by atoms with Gasteiger partial charge in [-0.05, 0) is 35.4 Å². The summed E-state index contributed by atoms with van der Waals surface area (Å²) in [6.45, 7) is 0.743. The Bertz CT molecular complexity index is 1580. The van der Waals surface area contributed by atoms with Gasteiger partial charge in [0.2, 0.25) is 5.91 Å². The molecule has 0 aliphatic rings. The third-order valence-electron chi connectivity index (χ3n) is 5.83. The molecule has 0 atom stereocenters. The number of alkyl halides is 2. The molecular formula is C27H21F3N6O. The van der Waals surface area contributed by atoms with Crippen LogP contribution in [0.5, 0.6) is 0 Å². The number of carbonyl (C=O) groups excluding carboxylic acids is 1. The van der Waals surface area contributed by atoms with Crippen molar-refractivity contribution in [1.29, 1.82) is 0 Å². The summed E-state index contributed by atoms with van der Waals surface area (Å²) in [7, 11) is 0. The summed E-state index contributed by atoms with van der Waals surface area (Å²) in [5, 5.41) is 6.80. The van der Waals surface area contributed by atoms with E-state index in [9.17, 15) is 18.0 Å². The molecule has 0 bridgehead atoms. The van der Waals surface area contributed by atoms with Gasteiger partial charge in [0.25, 0.3) is 5.92 Å². The fourth-order valence-electron chi connectivity index (χ4n) is 3.89. The zero-order chi connectivity index (χ0) is 26.0. The van der Waals surface area contributed by atoms with E-state index in [1.807, 2.05) is 24.4 Å². The van der Waals surface area contributed by atoms with Gasteiger partial charge in [0.15, 0.2) is 0 Å². The van der Waals surface area contributed by atoms with Gasteiger partial charge in [-0.3, -0.25) is 9.78 Å². The number of halogens is 3. The van der Waals surface area contributed by atoms with Crippen LogP contribution >= 0.6 is 0 Å². The summed E-state index contributed by atoms with van der Waals surface area (Å²) in [5.41, 5.74) is 3.11. The lowest BCUT2D eigenvalue weighted by atomic mass is 10.0. The molecule has 0 saturated carbocycles. The van der Waals surface area contributed by atoms with Crippen LogP contribution in [-0.2, 0) is 23.6 Å². The van der Waals surface area contributed by atoms with Gasteiger partial charge in [-0.1, -0.05) is 18.2 Å². The van der Waals surface area contributed by atoms with Crippen molar-refractivity contribution in [3.8, 4) is 11.1 Å². The number of hydrogen-bond donors (Lipinski definition) is 1. The first-order chi connectivity index (χ1) is 17.8. The number of anilines is 1. The van der Waals surface area contributed by atoms with Gasteiger partial charge >= 0.3 is 0 Å². The average molecular weight is 503 g/mol. The van der Waals surface area contributed by atoms with Crippen LogP contribution in [0.15, 0.2) is 79.6 Å². The SMILES string of the molecule is CC(F)(F)c1cncc(NC(=O)Cc2ccc(-c3cnc(Cc4cnn5ccccc45)nc3)cc2F)c1. The van der Waals surface area contributed by atoms with E-state index in [0.29, 0.717) is 23.4 Å². The van der Waals surface area contributed by atoms with E-state index in [1.165, 1.54) is 18.3 Å². The van der Waals surface area contributed by atoms with E-state index in [-0.39, 0.29) is 23.2 Å². The van der Waals surface area contributed by atoms with Gasteiger partial charge in [-0.15, -0.1) is 0 Å². The van der Waals surface area contributed by atoms with Crippen molar-refractivity contribution < 1.29 is 18.0 Å². The van der Waals surface area contributed by atoms with E-state index in [4.69, 9.17) is 0 Å². The maximum Gasteiger partial charge on any atom is 0.272 e. The number of rotatable bonds is 7. The third kappa shape index (κ3) is 5.48. The molecule has 1 aromatic carbocycles. The quantitative estimate of drug-likeness (QED) is 0.330. The van der Waals surface area contributed by atoms with Crippen LogP contribution in [0.25, 0.3) is 16.6 Å². The van der Waals surface area contributed by atoms with Crippen LogP contribution in [0.4, 0.5) is 18.9 Å². The van der Waals surface area contributed by atoms with Gasteiger partial charge in [-0.2, -0.15) is 5.10 Å². The van der Waals surface area contributed by atoms with Gasteiger partial charge in [0.05, 0.1) is 30.0 Å². The Morgan fingerprint density at radius 2 is 1.78 bits per heavy atom. The molecule has 0 radical (unpaired) electrons. The van der Waals surface area contributed by atoms with E-state index < -0.39 is 17.6 Å². The van der Waals surface area contributed by atoms with Crippen molar-refractivity contribution in [3.63, 3.8) is 0 Å². The maximum atomic E-state index is 14.8. The van der Waals surface area contributed by atoms with Crippen molar-refractivity contribution in [2.75, 3.05) is 5.32 Å². The Labute approximate surface area is 210 Å². The summed E-state index contributed by atoms with van der Waals surface area (Å²) in [5.74, 6) is -3.61. The second-order valence-corrected chi connectivity index (χ2v) is 8.65. The minimum absolute atomic E-state index is 0.113.